The molecule has 1 aromatic carbocycles. The molecule has 1 aromatic heterocycles. The lowest BCUT2D eigenvalue weighted by molar-refractivity contribution is 0.115. The number of benzene rings is 1. The topological polar surface area (TPSA) is 48.8 Å². The Morgan fingerprint density at radius 1 is 1.26 bits per heavy atom. The summed E-state index contributed by atoms with van der Waals surface area (Å²) in [7, 11) is 1.77. The lowest BCUT2D eigenvalue weighted by Crippen LogP contribution is -2.29. The Morgan fingerprint density at radius 3 is 3.09 bits per heavy atom. The smallest absolute Gasteiger partial charge is 0.231 e. The first kappa shape index (κ1) is 14.5. The van der Waals surface area contributed by atoms with Crippen LogP contribution in [-0.4, -0.2) is 41.5 Å². The predicted octanol–water partition coefficient (Wildman–Crippen LogP) is 1.89. The molecule has 0 bridgehead atoms. The van der Waals surface area contributed by atoms with Gasteiger partial charge in [0.05, 0.1) is 18.6 Å². The largest absolute Gasteiger partial charge is 0.454 e. The minimum atomic E-state index is 0.317. The quantitative estimate of drug-likeness (QED) is 0.862. The molecule has 0 radical (unpaired) electrons. The van der Waals surface area contributed by atoms with Crippen molar-refractivity contribution in [3.05, 3.63) is 42.0 Å². The molecule has 0 saturated carbocycles. The van der Waals surface area contributed by atoms with Crippen molar-refractivity contribution in [3.8, 4) is 11.5 Å². The molecule has 1 atom stereocenters. The van der Waals surface area contributed by atoms with Crippen molar-refractivity contribution < 1.29 is 14.2 Å². The Kier molecular flexibility index (Phi) is 3.93. The first-order valence-electron chi connectivity index (χ1n) is 7.90. The Morgan fingerprint density at radius 2 is 2.17 bits per heavy atom. The fraction of sp³-hybridized carbons (Fsp3) is 0.471. The standard InChI is InChI=1S/C17H21N3O3/c1-21-10-14-7-19(9-15-5-18-11-20(15)8-14)6-13-2-3-16-17(4-13)23-12-22-16/h2-5,11,14H,6-10,12H2,1H3/t14-/m1/s1. The first-order valence-corrected chi connectivity index (χ1v) is 7.90. The lowest BCUT2D eigenvalue weighted by Gasteiger charge is -2.23. The fourth-order valence-electron chi connectivity index (χ4n) is 3.40. The molecule has 122 valence electrons. The Hall–Kier alpha value is -2.05. The molecule has 0 N–H and O–H groups in total. The number of aromatic nitrogens is 2. The third-order valence-corrected chi connectivity index (χ3v) is 4.40. The molecule has 0 aliphatic carbocycles. The molecule has 3 heterocycles. The number of rotatable bonds is 4. The zero-order valence-corrected chi connectivity index (χ0v) is 13.3. The van der Waals surface area contributed by atoms with Gasteiger partial charge in [-0.25, -0.2) is 4.98 Å². The molecular formula is C17H21N3O3. The predicted molar refractivity (Wildman–Crippen MR) is 84.3 cm³/mol. The van der Waals surface area contributed by atoms with Gasteiger partial charge in [0, 0.05) is 45.4 Å². The van der Waals surface area contributed by atoms with Gasteiger partial charge in [-0.3, -0.25) is 4.90 Å². The maximum absolute atomic E-state index is 5.48. The van der Waals surface area contributed by atoms with E-state index < -0.39 is 0 Å². The van der Waals surface area contributed by atoms with Gasteiger partial charge in [0.15, 0.2) is 11.5 Å². The first-order chi connectivity index (χ1) is 11.3. The number of ether oxygens (including phenoxy) is 3. The van der Waals surface area contributed by atoms with Gasteiger partial charge in [-0.2, -0.15) is 0 Å². The number of fused-ring (bicyclic) bond motifs is 2. The zero-order valence-electron chi connectivity index (χ0n) is 13.3. The third kappa shape index (κ3) is 3.04. The van der Waals surface area contributed by atoms with Crippen LogP contribution in [0.1, 0.15) is 11.3 Å². The monoisotopic (exact) mass is 315 g/mol. The van der Waals surface area contributed by atoms with Gasteiger partial charge in [0.25, 0.3) is 0 Å². The summed E-state index contributed by atoms with van der Waals surface area (Å²) in [6.45, 7) is 4.81. The molecule has 4 rings (SSSR count). The van der Waals surface area contributed by atoms with Crippen molar-refractivity contribution in [2.24, 2.45) is 5.92 Å². The van der Waals surface area contributed by atoms with E-state index in [2.05, 4.69) is 26.6 Å². The van der Waals surface area contributed by atoms with Crippen LogP contribution in [-0.2, 0) is 24.4 Å². The summed E-state index contributed by atoms with van der Waals surface area (Å²) in [6, 6.07) is 6.18. The van der Waals surface area contributed by atoms with Gasteiger partial charge in [-0.05, 0) is 17.7 Å². The molecule has 0 unspecified atom stereocenters. The van der Waals surface area contributed by atoms with Gasteiger partial charge in [-0.1, -0.05) is 6.07 Å². The number of imidazole rings is 1. The Labute approximate surface area is 135 Å². The van der Waals surface area contributed by atoms with Gasteiger partial charge >= 0.3 is 0 Å². The van der Waals surface area contributed by atoms with Crippen LogP contribution in [0.2, 0.25) is 0 Å². The summed E-state index contributed by atoms with van der Waals surface area (Å²) >= 11 is 0. The highest BCUT2D eigenvalue weighted by Gasteiger charge is 2.22. The third-order valence-electron chi connectivity index (χ3n) is 4.40. The highest BCUT2D eigenvalue weighted by Crippen LogP contribution is 2.33. The summed E-state index contributed by atoms with van der Waals surface area (Å²) in [4.78, 5) is 6.73. The average Bonchev–Trinajstić information content (AvgIpc) is 3.13. The highest BCUT2D eigenvalue weighted by molar-refractivity contribution is 5.44. The van der Waals surface area contributed by atoms with Crippen LogP contribution in [0.3, 0.4) is 0 Å². The maximum atomic E-state index is 5.48. The summed E-state index contributed by atoms with van der Waals surface area (Å²) in [5, 5.41) is 0. The van der Waals surface area contributed by atoms with Crippen molar-refractivity contribution in [1.29, 1.82) is 0 Å². The van der Waals surface area contributed by atoms with Crippen molar-refractivity contribution in [2.45, 2.75) is 19.6 Å². The second kappa shape index (κ2) is 6.22. The van der Waals surface area contributed by atoms with Gasteiger partial charge in [0.1, 0.15) is 0 Å². The fourth-order valence-corrected chi connectivity index (χ4v) is 3.40. The average molecular weight is 315 g/mol. The Bertz CT molecular complexity index is 685. The molecule has 0 amide bonds. The molecule has 0 saturated heterocycles. The molecule has 2 aliphatic heterocycles. The van der Waals surface area contributed by atoms with Crippen LogP contribution in [0.4, 0.5) is 0 Å². The van der Waals surface area contributed by atoms with Crippen LogP contribution < -0.4 is 9.47 Å². The van der Waals surface area contributed by atoms with Crippen molar-refractivity contribution >= 4 is 0 Å². The van der Waals surface area contributed by atoms with E-state index in [4.69, 9.17) is 14.2 Å². The van der Waals surface area contributed by atoms with E-state index in [0.29, 0.717) is 12.7 Å². The number of hydrogen-bond donors (Lipinski definition) is 0. The molecule has 2 aliphatic rings. The normalized spacial score (nSPS) is 20.3. The second-order valence-electron chi connectivity index (χ2n) is 6.22. The summed E-state index contributed by atoms with van der Waals surface area (Å²) in [6.07, 6.45) is 3.88. The molecule has 6 heteroatoms. The summed E-state index contributed by atoms with van der Waals surface area (Å²) in [5.74, 6) is 2.14. The second-order valence-corrected chi connectivity index (χ2v) is 6.22. The molecule has 0 spiro atoms. The van der Waals surface area contributed by atoms with Crippen molar-refractivity contribution in [1.82, 2.24) is 14.5 Å². The van der Waals surface area contributed by atoms with E-state index in [1.165, 1.54) is 11.3 Å². The summed E-state index contributed by atoms with van der Waals surface area (Å²) in [5.41, 5.74) is 2.49. The number of methoxy groups -OCH3 is 1. The number of nitrogens with zero attached hydrogens (tertiary/aromatic N) is 3. The molecule has 6 nitrogen and oxygen atoms in total. The van der Waals surface area contributed by atoms with E-state index in [0.717, 1.165) is 44.3 Å². The molecular weight excluding hydrogens is 294 g/mol. The molecule has 0 fully saturated rings. The van der Waals surface area contributed by atoms with Crippen LogP contribution in [0.5, 0.6) is 11.5 Å². The van der Waals surface area contributed by atoms with Crippen molar-refractivity contribution in [2.75, 3.05) is 27.1 Å². The number of hydrogen-bond acceptors (Lipinski definition) is 5. The lowest BCUT2D eigenvalue weighted by atomic mass is 10.1. The summed E-state index contributed by atoms with van der Waals surface area (Å²) < 4.78 is 18.5. The molecule has 23 heavy (non-hydrogen) atoms. The zero-order chi connectivity index (χ0) is 15.6. The van der Waals surface area contributed by atoms with Gasteiger partial charge in [0.2, 0.25) is 6.79 Å². The van der Waals surface area contributed by atoms with E-state index in [1.54, 1.807) is 7.11 Å². The maximum Gasteiger partial charge on any atom is 0.231 e. The SMILES string of the molecule is COC[C@@H]1CN(Cc2ccc3c(c2)OCO3)Cc2cncn2C1. The van der Waals surface area contributed by atoms with Crippen LogP contribution in [0, 0.1) is 5.92 Å². The minimum absolute atomic E-state index is 0.317. The van der Waals surface area contributed by atoms with Crippen molar-refractivity contribution in [3.63, 3.8) is 0 Å². The Balaban J connectivity index is 1.53. The van der Waals surface area contributed by atoms with E-state index in [9.17, 15) is 0 Å². The van der Waals surface area contributed by atoms with Crippen LogP contribution in [0.25, 0.3) is 0 Å². The van der Waals surface area contributed by atoms with E-state index >= 15 is 0 Å². The van der Waals surface area contributed by atoms with Gasteiger partial charge < -0.3 is 18.8 Å². The van der Waals surface area contributed by atoms with E-state index in [-0.39, 0.29) is 0 Å². The van der Waals surface area contributed by atoms with E-state index in [1.807, 2.05) is 18.6 Å². The van der Waals surface area contributed by atoms with Crippen LogP contribution in [0.15, 0.2) is 30.7 Å². The minimum Gasteiger partial charge on any atom is -0.454 e. The highest BCUT2D eigenvalue weighted by atomic mass is 16.7. The van der Waals surface area contributed by atoms with Crippen LogP contribution >= 0.6 is 0 Å². The molecule has 2 aromatic rings. The van der Waals surface area contributed by atoms with Gasteiger partial charge in [-0.15, -0.1) is 0 Å².